The van der Waals surface area contributed by atoms with E-state index in [9.17, 15) is 0 Å². The summed E-state index contributed by atoms with van der Waals surface area (Å²) in [7, 11) is 0. The van der Waals surface area contributed by atoms with Gasteiger partial charge in [-0.15, -0.1) is 0 Å². The predicted molar refractivity (Wildman–Crippen MR) is 97.7 cm³/mol. The lowest BCUT2D eigenvalue weighted by molar-refractivity contribution is -0.980. The van der Waals surface area contributed by atoms with Gasteiger partial charge in [0, 0.05) is 5.41 Å². The summed E-state index contributed by atoms with van der Waals surface area (Å²) in [5, 5.41) is 0. The second-order valence-electron chi connectivity index (χ2n) is 8.17. The summed E-state index contributed by atoms with van der Waals surface area (Å²) in [6.07, 6.45) is 9.34. The van der Waals surface area contributed by atoms with Gasteiger partial charge in [0.2, 0.25) is 0 Å². The molecule has 0 aliphatic carbocycles. The first kappa shape index (κ1) is 24.7. The average Bonchev–Trinajstić information content (AvgIpc) is 2.46. The van der Waals surface area contributed by atoms with Crippen LogP contribution in [0.3, 0.4) is 0 Å². The van der Waals surface area contributed by atoms with E-state index < -0.39 is 0 Å². The van der Waals surface area contributed by atoms with Gasteiger partial charge >= 0.3 is 0 Å². The van der Waals surface area contributed by atoms with Crippen molar-refractivity contribution in [3.8, 4) is 0 Å². The third-order valence-corrected chi connectivity index (χ3v) is 6.55. The molecule has 0 aromatic rings. The molecule has 0 saturated heterocycles. The van der Waals surface area contributed by atoms with Crippen LogP contribution in [0.2, 0.25) is 0 Å². The van der Waals surface area contributed by atoms with Gasteiger partial charge in [-0.05, 0) is 39.5 Å². The number of nitrogens with zero attached hydrogens (tertiary/aromatic N) is 1. The van der Waals surface area contributed by atoms with Crippen LogP contribution >= 0.6 is 0 Å². The van der Waals surface area contributed by atoms with Crippen molar-refractivity contribution in [2.75, 3.05) is 19.6 Å². The maximum absolute atomic E-state index is 2.55. The van der Waals surface area contributed by atoms with Gasteiger partial charge in [0.25, 0.3) is 0 Å². The largest absolute Gasteiger partial charge is 1.00 e. The van der Waals surface area contributed by atoms with Crippen molar-refractivity contribution in [1.29, 1.82) is 0 Å². The molecule has 0 spiro atoms. The van der Waals surface area contributed by atoms with Gasteiger partial charge in [-0.1, -0.05) is 60.8 Å². The van der Waals surface area contributed by atoms with Gasteiger partial charge in [-0.25, -0.2) is 0 Å². The molecule has 0 rings (SSSR count). The Morgan fingerprint density at radius 1 is 0.636 bits per heavy atom. The molecule has 136 valence electrons. The number of unbranched alkanes of at least 4 members (excludes halogenated alkanes) is 3. The fraction of sp³-hybridized carbons (Fsp3) is 1.00. The van der Waals surface area contributed by atoms with E-state index in [1.165, 1.54) is 69.1 Å². The molecule has 0 fully saturated rings. The van der Waals surface area contributed by atoms with Gasteiger partial charge in [-0.3, -0.25) is 0 Å². The molecule has 0 atom stereocenters. The highest BCUT2D eigenvalue weighted by Gasteiger charge is 2.51. The summed E-state index contributed by atoms with van der Waals surface area (Å²) in [6, 6.07) is 0. The quantitative estimate of drug-likeness (QED) is 0.457. The lowest BCUT2D eigenvalue weighted by atomic mass is 9.69. The molecule has 1 nitrogen and oxygen atoms in total. The first-order valence-corrected chi connectivity index (χ1v) is 9.60. The van der Waals surface area contributed by atoms with E-state index in [-0.39, 0.29) is 17.0 Å². The Morgan fingerprint density at radius 3 is 1.18 bits per heavy atom. The lowest BCUT2D eigenvalue weighted by Crippen LogP contribution is -3.00. The summed E-state index contributed by atoms with van der Waals surface area (Å²) >= 11 is 0. The van der Waals surface area contributed by atoms with Crippen LogP contribution in [0.1, 0.15) is 100 Å². The monoisotopic (exact) mass is 377 g/mol. The van der Waals surface area contributed by atoms with Crippen molar-refractivity contribution in [2.24, 2.45) is 5.41 Å². The molecule has 0 amide bonds. The smallest absolute Gasteiger partial charge is 0.0986 e. The highest BCUT2D eigenvalue weighted by molar-refractivity contribution is 4.88. The minimum Gasteiger partial charge on any atom is -1.00 e. The molecule has 0 bridgehead atoms. The number of rotatable bonds is 12. The molecule has 0 saturated carbocycles. The molecule has 2 heteroatoms. The van der Waals surface area contributed by atoms with Crippen LogP contribution in [0.4, 0.5) is 0 Å². The van der Waals surface area contributed by atoms with E-state index in [2.05, 4.69) is 55.4 Å². The summed E-state index contributed by atoms with van der Waals surface area (Å²) < 4.78 is 1.34. The second kappa shape index (κ2) is 11.1. The SMILES string of the molecule is CCCC[N+](CCCC)(CCCC)C(C)(C)C(C)(C)CC.[Br-]. The van der Waals surface area contributed by atoms with Gasteiger partial charge in [-0.2, -0.15) is 0 Å². The molecule has 0 heterocycles. The van der Waals surface area contributed by atoms with E-state index >= 15 is 0 Å². The summed E-state index contributed by atoms with van der Waals surface area (Å²) in [4.78, 5) is 0. The summed E-state index contributed by atoms with van der Waals surface area (Å²) in [5.74, 6) is 0. The van der Waals surface area contributed by atoms with Crippen LogP contribution in [-0.2, 0) is 0 Å². The molecule has 0 unspecified atom stereocenters. The highest BCUT2D eigenvalue weighted by Crippen LogP contribution is 2.44. The Bertz CT molecular complexity index is 249. The molecular weight excluding hydrogens is 334 g/mol. The van der Waals surface area contributed by atoms with Crippen LogP contribution < -0.4 is 17.0 Å². The zero-order valence-corrected chi connectivity index (χ0v) is 18.5. The number of hydrogen-bond acceptors (Lipinski definition) is 0. The molecule has 0 N–H and O–H groups in total. The number of quaternary nitrogens is 1. The van der Waals surface area contributed by atoms with Crippen LogP contribution in [0.25, 0.3) is 0 Å². The molecule has 22 heavy (non-hydrogen) atoms. The minimum atomic E-state index is 0. The van der Waals surface area contributed by atoms with Crippen molar-refractivity contribution < 1.29 is 21.5 Å². The van der Waals surface area contributed by atoms with Gasteiger partial charge in [0.05, 0.1) is 25.2 Å². The Morgan fingerprint density at radius 2 is 0.955 bits per heavy atom. The van der Waals surface area contributed by atoms with Crippen molar-refractivity contribution >= 4 is 0 Å². The fourth-order valence-electron chi connectivity index (χ4n) is 3.63. The second-order valence-corrected chi connectivity index (χ2v) is 8.17. The Balaban J connectivity index is 0. The zero-order valence-electron chi connectivity index (χ0n) is 16.9. The van der Waals surface area contributed by atoms with E-state index in [0.29, 0.717) is 11.0 Å². The van der Waals surface area contributed by atoms with E-state index in [4.69, 9.17) is 0 Å². The third-order valence-electron chi connectivity index (χ3n) is 6.55. The lowest BCUT2D eigenvalue weighted by Gasteiger charge is -2.57. The van der Waals surface area contributed by atoms with Crippen LogP contribution in [-0.4, -0.2) is 29.7 Å². The average molecular weight is 378 g/mol. The number of hydrogen-bond donors (Lipinski definition) is 0. The minimum absolute atomic E-state index is 0. The molecule has 0 aliphatic heterocycles. The zero-order chi connectivity index (χ0) is 16.6. The standard InChI is InChI=1S/C20H44N.BrH/c1-9-13-16-21(17-14-10-2,18-15-11-3)20(7,8)19(5,6)12-4;/h9-18H2,1-8H3;1H/q+1;/p-1. The normalized spacial score (nSPS) is 13.1. The molecule has 0 aliphatic rings. The van der Waals surface area contributed by atoms with Crippen molar-refractivity contribution in [2.45, 2.75) is 106 Å². The summed E-state index contributed by atoms with van der Waals surface area (Å²) in [6.45, 7) is 23.6. The van der Waals surface area contributed by atoms with Gasteiger partial charge in [0.1, 0.15) is 0 Å². The topological polar surface area (TPSA) is 0 Å². The predicted octanol–water partition coefficient (Wildman–Crippen LogP) is 3.42. The van der Waals surface area contributed by atoms with Crippen LogP contribution in [0.5, 0.6) is 0 Å². The van der Waals surface area contributed by atoms with Crippen molar-refractivity contribution in [1.82, 2.24) is 0 Å². The van der Waals surface area contributed by atoms with Crippen LogP contribution in [0, 0.1) is 5.41 Å². The maximum atomic E-state index is 2.55. The molecule has 0 radical (unpaired) electrons. The molecule has 0 aromatic heterocycles. The maximum Gasteiger partial charge on any atom is 0.0986 e. The van der Waals surface area contributed by atoms with Crippen LogP contribution in [0.15, 0.2) is 0 Å². The van der Waals surface area contributed by atoms with Crippen molar-refractivity contribution in [3.63, 3.8) is 0 Å². The van der Waals surface area contributed by atoms with E-state index in [0.717, 1.165) is 0 Å². The first-order valence-electron chi connectivity index (χ1n) is 9.60. The Labute approximate surface area is 152 Å². The first-order chi connectivity index (χ1) is 9.74. The molecular formula is C20H44BrN. The third kappa shape index (κ3) is 5.82. The van der Waals surface area contributed by atoms with Crippen molar-refractivity contribution in [3.05, 3.63) is 0 Å². The Hall–Kier alpha value is 0.440. The highest BCUT2D eigenvalue weighted by atomic mass is 79.9. The molecule has 0 aromatic carbocycles. The fourth-order valence-corrected chi connectivity index (χ4v) is 3.63. The Kier molecular flexibility index (Phi) is 12.4. The summed E-state index contributed by atoms with van der Waals surface area (Å²) in [5.41, 5.74) is 0.740. The van der Waals surface area contributed by atoms with E-state index in [1.807, 2.05) is 0 Å². The van der Waals surface area contributed by atoms with Gasteiger partial charge in [0.15, 0.2) is 0 Å². The number of halogens is 1. The van der Waals surface area contributed by atoms with E-state index in [1.54, 1.807) is 0 Å². The van der Waals surface area contributed by atoms with Gasteiger partial charge < -0.3 is 21.5 Å².